The van der Waals surface area contributed by atoms with Gasteiger partial charge in [0.15, 0.2) is 0 Å². The Morgan fingerprint density at radius 2 is 1.82 bits per heavy atom. The maximum Gasteiger partial charge on any atom is 0.258 e. The molecule has 5 nitrogen and oxygen atoms in total. The number of anilines is 1. The smallest absolute Gasteiger partial charge is 0.258 e. The third-order valence-corrected chi connectivity index (χ3v) is 4.66. The minimum Gasteiger partial charge on any atom is -0.391 e. The molecule has 28 heavy (non-hydrogen) atoms. The van der Waals surface area contributed by atoms with E-state index in [4.69, 9.17) is 51.2 Å². The van der Waals surface area contributed by atoms with Crippen LogP contribution in [0.3, 0.4) is 0 Å². The topological polar surface area (TPSA) is 53.9 Å². The zero-order valence-electron chi connectivity index (χ0n) is 15.0. The largest absolute Gasteiger partial charge is 0.391 e. The molecular weight excluding hydrogens is 444 g/mol. The molecule has 0 bridgehead atoms. The summed E-state index contributed by atoms with van der Waals surface area (Å²) < 4.78 is 0. The average Bonchev–Trinajstić information content (AvgIpc) is 2.62. The van der Waals surface area contributed by atoms with Crippen LogP contribution in [0.25, 0.3) is 0 Å². The van der Waals surface area contributed by atoms with Gasteiger partial charge >= 0.3 is 0 Å². The normalized spacial score (nSPS) is 11.6. The van der Waals surface area contributed by atoms with Gasteiger partial charge in [-0.25, -0.2) is 0 Å². The van der Waals surface area contributed by atoms with Crippen molar-refractivity contribution in [1.82, 2.24) is 4.90 Å². The molecule has 0 fully saturated rings. The van der Waals surface area contributed by atoms with Gasteiger partial charge in [-0.1, -0.05) is 57.6 Å². The van der Waals surface area contributed by atoms with Gasteiger partial charge in [0.05, 0.1) is 21.8 Å². The van der Waals surface area contributed by atoms with Crippen LogP contribution in [0.2, 0.25) is 20.1 Å². The molecule has 0 atom stereocenters. The lowest BCUT2D eigenvalue weighted by atomic mass is 10.2. The molecule has 0 aliphatic carbocycles. The Balaban J connectivity index is 2.04. The number of carbonyl (C=O) groups is 1. The SMILES string of the molecule is CN(C)C=C(C=NOCc1ccc(Cl)cc1Cl)C(=O)Nc1ccc(Cl)c(Cl)c1. The van der Waals surface area contributed by atoms with E-state index in [1.54, 1.807) is 61.6 Å². The summed E-state index contributed by atoms with van der Waals surface area (Å²) in [6.07, 6.45) is 2.92. The van der Waals surface area contributed by atoms with Gasteiger partial charge in [-0.3, -0.25) is 4.79 Å². The minimum atomic E-state index is -0.385. The standard InChI is InChI=1S/C19H17Cl4N3O2/c1-26(2)10-13(19(27)25-15-5-6-16(21)18(23)8-15)9-24-28-11-12-3-4-14(20)7-17(12)22/h3-10H,11H2,1-2H3,(H,25,27). The van der Waals surface area contributed by atoms with Crippen molar-refractivity contribution >= 4 is 64.2 Å². The fourth-order valence-electron chi connectivity index (χ4n) is 2.05. The summed E-state index contributed by atoms with van der Waals surface area (Å²) in [5.41, 5.74) is 1.51. The third-order valence-electron chi connectivity index (χ3n) is 3.34. The summed E-state index contributed by atoms with van der Waals surface area (Å²) in [4.78, 5) is 19.5. The Labute approximate surface area is 183 Å². The van der Waals surface area contributed by atoms with Crippen molar-refractivity contribution in [1.29, 1.82) is 0 Å². The second-order valence-corrected chi connectivity index (χ2v) is 7.53. The van der Waals surface area contributed by atoms with Gasteiger partial charge in [0.2, 0.25) is 0 Å². The number of nitrogens with zero attached hydrogens (tertiary/aromatic N) is 2. The Hall–Kier alpha value is -1.92. The number of benzene rings is 2. The van der Waals surface area contributed by atoms with Crippen molar-refractivity contribution in [2.75, 3.05) is 19.4 Å². The van der Waals surface area contributed by atoms with Crippen molar-refractivity contribution in [2.24, 2.45) is 5.16 Å². The molecule has 0 unspecified atom stereocenters. The van der Waals surface area contributed by atoms with Crippen LogP contribution in [0.5, 0.6) is 0 Å². The molecular formula is C19H17Cl4N3O2. The molecule has 0 radical (unpaired) electrons. The zero-order valence-corrected chi connectivity index (χ0v) is 18.1. The Kier molecular flexibility index (Phi) is 8.45. The van der Waals surface area contributed by atoms with Gasteiger partial charge in [-0.2, -0.15) is 0 Å². The highest BCUT2D eigenvalue weighted by molar-refractivity contribution is 6.42. The highest BCUT2D eigenvalue weighted by atomic mass is 35.5. The molecule has 0 saturated carbocycles. The quantitative estimate of drug-likeness (QED) is 0.318. The number of hydrogen-bond donors (Lipinski definition) is 1. The van der Waals surface area contributed by atoms with Crippen LogP contribution in [-0.4, -0.2) is 31.1 Å². The second kappa shape index (κ2) is 10.6. The Morgan fingerprint density at radius 1 is 1.07 bits per heavy atom. The second-order valence-electron chi connectivity index (χ2n) is 5.87. The molecule has 0 aromatic heterocycles. The molecule has 1 amide bonds. The molecule has 0 spiro atoms. The first kappa shape index (κ1) is 22.4. The van der Waals surface area contributed by atoms with E-state index in [0.717, 1.165) is 5.56 Å². The highest BCUT2D eigenvalue weighted by Crippen LogP contribution is 2.25. The minimum absolute atomic E-state index is 0.135. The molecule has 0 saturated heterocycles. The molecule has 148 valence electrons. The summed E-state index contributed by atoms with van der Waals surface area (Å²) in [5, 5.41) is 8.34. The number of rotatable bonds is 7. The predicted octanol–water partition coefficient (Wildman–Crippen LogP) is 5.89. The number of carbonyl (C=O) groups excluding carboxylic acids is 1. The van der Waals surface area contributed by atoms with E-state index in [2.05, 4.69) is 10.5 Å². The van der Waals surface area contributed by atoms with Crippen LogP contribution in [0, 0.1) is 0 Å². The van der Waals surface area contributed by atoms with Crippen LogP contribution < -0.4 is 5.32 Å². The fourth-order valence-corrected chi connectivity index (χ4v) is 2.81. The van der Waals surface area contributed by atoms with Crippen LogP contribution in [-0.2, 0) is 16.2 Å². The molecule has 2 aromatic carbocycles. The number of nitrogens with one attached hydrogen (secondary N) is 1. The molecule has 1 N–H and O–H groups in total. The van der Waals surface area contributed by atoms with E-state index in [1.807, 2.05) is 0 Å². The third kappa shape index (κ3) is 6.91. The van der Waals surface area contributed by atoms with E-state index in [0.29, 0.717) is 25.8 Å². The van der Waals surface area contributed by atoms with E-state index in [-0.39, 0.29) is 18.1 Å². The molecule has 2 rings (SSSR count). The van der Waals surface area contributed by atoms with Crippen LogP contribution in [0.1, 0.15) is 5.56 Å². The van der Waals surface area contributed by atoms with E-state index in [9.17, 15) is 4.79 Å². The molecule has 0 aliphatic heterocycles. The fraction of sp³-hybridized carbons (Fsp3) is 0.158. The van der Waals surface area contributed by atoms with Crippen molar-refractivity contribution in [3.05, 3.63) is 73.8 Å². The Bertz CT molecular complexity index is 914. The highest BCUT2D eigenvalue weighted by Gasteiger charge is 2.10. The van der Waals surface area contributed by atoms with Gasteiger partial charge in [0.1, 0.15) is 6.61 Å². The summed E-state index contributed by atoms with van der Waals surface area (Å²) >= 11 is 23.8. The molecule has 0 heterocycles. The maximum absolute atomic E-state index is 12.5. The number of oxime groups is 1. The zero-order chi connectivity index (χ0) is 20.7. The van der Waals surface area contributed by atoms with Gasteiger partial charge in [0, 0.05) is 41.6 Å². The molecule has 0 aliphatic rings. The van der Waals surface area contributed by atoms with E-state index >= 15 is 0 Å². The monoisotopic (exact) mass is 459 g/mol. The summed E-state index contributed by atoms with van der Waals surface area (Å²) in [7, 11) is 3.57. The lowest BCUT2D eigenvalue weighted by Crippen LogP contribution is -2.18. The molecule has 9 heteroatoms. The van der Waals surface area contributed by atoms with E-state index < -0.39 is 0 Å². The predicted molar refractivity (Wildman–Crippen MR) is 117 cm³/mol. The van der Waals surface area contributed by atoms with Crippen molar-refractivity contribution in [3.8, 4) is 0 Å². The van der Waals surface area contributed by atoms with Gasteiger partial charge in [0.25, 0.3) is 5.91 Å². The number of hydrogen-bond acceptors (Lipinski definition) is 4. The van der Waals surface area contributed by atoms with Crippen LogP contribution >= 0.6 is 46.4 Å². The van der Waals surface area contributed by atoms with Crippen LogP contribution in [0.15, 0.2) is 53.3 Å². The van der Waals surface area contributed by atoms with Gasteiger partial charge in [-0.05, 0) is 30.3 Å². The maximum atomic E-state index is 12.5. The first-order chi connectivity index (χ1) is 13.3. The lowest BCUT2D eigenvalue weighted by molar-refractivity contribution is -0.112. The average molecular weight is 461 g/mol. The van der Waals surface area contributed by atoms with E-state index in [1.165, 1.54) is 6.21 Å². The number of amides is 1. The summed E-state index contributed by atoms with van der Waals surface area (Å²) in [6.45, 7) is 0.135. The summed E-state index contributed by atoms with van der Waals surface area (Å²) in [6, 6.07) is 9.88. The lowest BCUT2D eigenvalue weighted by Gasteiger charge is -2.10. The Morgan fingerprint density at radius 3 is 2.46 bits per heavy atom. The van der Waals surface area contributed by atoms with Crippen molar-refractivity contribution in [3.63, 3.8) is 0 Å². The van der Waals surface area contributed by atoms with Gasteiger partial charge < -0.3 is 15.1 Å². The van der Waals surface area contributed by atoms with Crippen molar-refractivity contribution < 1.29 is 9.63 Å². The van der Waals surface area contributed by atoms with Gasteiger partial charge in [-0.15, -0.1) is 0 Å². The first-order valence-electron chi connectivity index (χ1n) is 8.00. The molecule has 2 aromatic rings. The van der Waals surface area contributed by atoms with Crippen LogP contribution in [0.4, 0.5) is 5.69 Å². The van der Waals surface area contributed by atoms with Crippen molar-refractivity contribution in [2.45, 2.75) is 6.61 Å². The number of halogens is 4. The summed E-state index contributed by atoms with van der Waals surface area (Å²) in [5.74, 6) is -0.385. The first-order valence-corrected chi connectivity index (χ1v) is 9.51.